The van der Waals surface area contributed by atoms with Crippen LogP contribution >= 0.6 is 0 Å². The quantitative estimate of drug-likeness (QED) is 0.152. The molecular weight excluding hydrogens is 1620 g/mol. The fourth-order valence-corrected chi connectivity index (χ4v) is 22.5. The van der Waals surface area contributed by atoms with E-state index in [1.807, 2.05) is 24.3 Å². The zero-order valence-corrected chi connectivity index (χ0v) is 76.2. The highest BCUT2D eigenvalue weighted by Crippen LogP contribution is 2.57. The van der Waals surface area contributed by atoms with Gasteiger partial charge in [-0.25, -0.2) is 19.9 Å². The van der Waals surface area contributed by atoms with E-state index in [0.717, 1.165) is 67.1 Å². The monoisotopic (exact) mass is 1710 g/mol. The van der Waals surface area contributed by atoms with Crippen molar-refractivity contribution in [1.29, 1.82) is 0 Å². The van der Waals surface area contributed by atoms with Crippen LogP contribution in [0.5, 0.6) is 0 Å². The van der Waals surface area contributed by atoms with E-state index < -0.39 is 0 Å². The lowest BCUT2D eigenvalue weighted by Crippen LogP contribution is -2.15. The molecule has 3 aromatic heterocycles. The van der Waals surface area contributed by atoms with Crippen LogP contribution in [0.3, 0.4) is 0 Å². The van der Waals surface area contributed by atoms with Crippen LogP contribution in [0.4, 0.5) is 0 Å². The summed E-state index contributed by atoms with van der Waals surface area (Å²) in [6.45, 7) is 18.8. The van der Waals surface area contributed by atoms with Gasteiger partial charge < -0.3 is 0 Å². The van der Waals surface area contributed by atoms with E-state index in [2.05, 4.69) is 456 Å². The lowest BCUT2D eigenvalue weighted by Gasteiger charge is -2.23. The molecule has 4 aliphatic carbocycles. The van der Waals surface area contributed by atoms with Gasteiger partial charge in [0.1, 0.15) is 0 Å². The molecule has 0 amide bonds. The highest BCUT2D eigenvalue weighted by atomic mass is 14.8. The van der Waals surface area contributed by atoms with Crippen LogP contribution in [0.25, 0.3) is 221 Å². The van der Waals surface area contributed by atoms with E-state index in [-0.39, 0.29) is 21.7 Å². The van der Waals surface area contributed by atoms with Gasteiger partial charge in [-0.2, -0.15) is 0 Å². The van der Waals surface area contributed by atoms with Gasteiger partial charge >= 0.3 is 0 Å². The second kappa shape index (κ2) is 30.8. The second-order valence-electron chi connectivity index (χ2n) is 39.2. The van der Waals surface area contributed by atoms with Gasteiger partial charge in [-0.1, -0.05) is 371 Å². The number of aromatic nitrogens is 4. The average molecular weight is 1710 g/mol. The molecule has 4 heteroatoms. The van der Waals surface area contributed by atoms with Crippen LogP contribution in [0.2, 0.25) is 0 Å². The summed E-state index contributed by atoms with van der Waals surface area (Å²) < 4.78 is 0. The normalized spacial score (nSPS) is 13.9. The molecule has 0 N–H and O–H groups in total. The molecule has 4 nitrogen and oxygen atoms in total. The first-order chi connectivity index (χ1) is 65.4. The van der Waals surface area contributed by atoms with Crippen molar-refractivity contribution < 1.29 is 0 Å². The van der Waals surface area contributed by atoms with Crippen molar-refractivity contribution in [2.75, 3.05) is 0 Å². The molecule has 634 valence electrons. The van der Waals surface area contributed by atoms with Crippen LogP contribution in [0, 0.1) is 0 Å². The maximum Gasteiger partial charge on any atom is 0.0973 e. The van der Waals surface area contributed by atoms with E-state index in [4.69, 9.17) is 19.9 Å². The Hall–Kier alpha value is -16.1. The maximum atomic E-state index is 5.26. The molecule has 0 radical (unpaired) electrons. The van der Waals surface area contributed by atoms with E-state index in [1.165, 1.54) is 198 Å². The van der Waals surface area contributed by atoms with E-state index >= 15 is 0 Å². The Kier molecular flexibility index (Phi) is 18.4. The first-order valence-corrected chi connectivity index (χ1v) is 46.9. The van der Waals surface area contributed by atoms with Gasteiger partial charge in [0.2, 0.25) is 0 Å². The zero-order chi connectivity index (χ0) is 90.0. The summed E-state index contributed by atoms with van der Waals surface area (Å²) in [5.41, 5.74) is 43.2. The van der Waals surface area contributed by atoms with E-state index in [1.54, 1.807) is 0 Å². The maximum absolute atomic E-state index is 5.26. The van der Waals surface area contributed by atoms with E-state index in [0.29, 0.717) is 0 Å². The Labute approximate surface area is 781 Å². The van der Waals surface area contributed by atoms with Crippen molar-refractivity contribution in [3.63, 3.8) is 0 Å². The van der Waals surface area contributed by atoms with Gasteiger partial charge in [-0.15, -0.1) is 0 Å². The van der Waals surface area contributed by atoms with Crippen molar-refractivity contribution in [3.05, 3.63) is 469 Å². The minimum atomic E-state index is -0.101. The number of benzene rings is 20. The number of hydrogen-bond donors (Lipinski definition) is 0. The Bertz CT molecular complexity index is 8870. The lowest BCUT2D eigenvalue weighted by atomic mass is 9.80. The molecule has 0 saturated carbocycles. The Morgan fingerprint density at radius 1 is 0.142 bits per heavy atom. The van der Waals surface area contributed by atoms with Crippen LogP contribution in [-0.2, 0) is 21.7 Å². The number of nitrogens with zero attached hydrogens (tertiary/aromatic N) is 4. The summed E-state index contributed by atoms with van der Waals surface area (Å²) in [7, 11) is 0. The summed E-state index contributed by atoms with van der Waals surface area (Å²) in [6, 6.07) is 155. The largest absolute Gasteiger partial charge is 0.248 e. The van der Waals surface area contributed by atoms with Gasteiger partial charge in [0.25, 0.3) is 0 Å². The predicted molar refractivity (Wildman–Crippen MR) is 564 cm³/mol. The number of para-hydroxylation sites is 4. The third-order valence-corrected chi connectivity index (χ3v) is 29.9. The fraction of sp³-hybridized carbons (Fsp3) is 0.0923. The van der Waals surface area contributed by atoms with Gasteiger partial charge in [0.05, 0.1) is 44.8 Å². The molecular formula is C130H94N4. The summed E-state index contributed by atoms with van der Waals surface area (Å²) in [5, 5.41) is 15.2. The SMILES string of the molecule is CC1(C)c2cc(-c3cc(-c4ccc(-c5ccc6ccccc6c5)cc4)nc4ccccc34)ccc2-c2cc3ccccc3cc21.CC1(C)c2cc(-c3cc(-c4ccc5c(c4)C(C)(C)c4cc6ccccc6cc4-5)c4ccccc4n3)ccc2-c2cc3ccccc3cc21.CC1(C)c2ccccc2-c2ccc(-c3nc4ccccc4nc3-c3ccc(-c4ccc5ccccc5c4)cc3)cc21. The summed E-state index contributed by atoms with van der Waals surface area (Å²) in [6.07, 6.45) is 0. The molecule has 23 aromatic rings. The summed E-state index contributed by atoms with van der Waals surface area (Å²) in [5.74, 6) is 0. The van der Waals surface area contributed by atoms with Gasteiger partial charge in [0.15, 0.2) is 0 Å². The predicted octanol–water partition coefficient (Wildman–Crippen LogP) is 34.4. The first-order valence-electron chi connectivity index (χ1n) is 46.9. The van der Waals surface area contributed by atoms with Crippen LogP contribution in [-0.4, -0.2) is 19.9 Å². The van der Waals surface area contributed by atoms with Gasteiger partial charge in [-0.3, -0.25) is 0 Å². The lowest BCUT2D eigenvalue weighted by molar-refractivity contribution is 0.660. The van der Waals surface area contributed by atoms with Crippen molar-refractivity contribution in [2.45, 2.75) is 77.0 Å². The van der Waals surface area contributed by atoms with Crippen molar-refractivity contribution in [3.8, 4) is 134 Å². The van der Waals surface area contributed by atoms with Crippen LogP contribution in [0.15, 0.2) is 425 Å². The molecule has 0 saturated heterocycles. The topological polar surface area (TPSA) is 51.6 Å². The molecule has 4 aliphatic rings. The van der Waals surface area contributed by atoms with Crippen LogP contribution in [0.1, 0.15) is 99.9 Å². The summed E-state index contributed by atoms with van der Waals surface area (Å²) >= 11 is 0. The fourth-order valence-electron chi connectivity index (χ4n) is 22.5. The first kappa shape index (κ1) is 80.0. The highest BCUT2D eigenvalue weighted by molar-refractivity contribution is 6.04. The Morgan fingerprint density at radius 2 is 0.410 bits per heavy atom. The van der Waals surface area contributed by atoms with Crippen molar-refractivity contribution in [2.24, 2.45) is 0 Å². The number of hydrogen-bond acceptors (Lipinski definition) is 4. The highest BCUT2D eigenvalue weighted by Gasteiger charge is 2.41. The standard InChI is InChI=1S/C47H35N.C44H31N.C39H28N2/c1-46(2)40-25-32(17-19-34(40)38-21-28-11-5-7-13-30(28)23-42(38)46)37-27-45(48-44-16-10-9-15-36(37)44)33-18-20-35-39-22-29-12-6-8-14-31(29)24-43(39)47(3,4)41(35)26-33;1-44(2)40-26-35(21-22-36(40)39-24-32-11-5-6-12-33(32)25-41(39)44)38-27-43(45-42-14-8-7-13-37(38)42)30-18-15-29(16-19-30)34-20-17-28-9-3-4-10-31(28)23-34;1-39(2)33-12-6-5-11-31(33)32-22-21-30(24-34(32)39)38-37(40-35-13-7-8-14-36(35)41-38)27-18-15-26(16-19-27)29-20-17-25-9-3-4-10-28(25)23-29/h5-27H,1-4H3;3-27H,1-2H3;3-24H,1-2H3. The molecule has 20 aromatic carbocycles. The van der Waals surface area contributed by atoms with Gasteiger partial charge in [0, 0.05) is 54.7 Å². The average Bonchev–Trinajstić information content (AvgIpc) is 1.59. The molecule has 0 atom stereocenters. The summed E-state index contributed by atoms with van der Waals surface area (Å²) in [4.78, 5) is 20.8. The molecule has 134 heavy (non-hydrogen) atoms. The number of fused-ring (bicyclic) bond motifs is 20. The molecule has 3 heterocycles. The molecule has 0 unspecified atom stereocenters. The third kappa shape index (κ3) is 13.2. The van der Waals surface area contributed by atoms with Crippen molar-refractivity contribution in [1.82, 2.24) is 19.9 Å². The Morgan fingerprint density at radius 3 is 0.843 bits per heavy atom. The smallest absolute Gasteiger partial charge is 0.0973 e. The van der Waals surface area contributed by atoms with Crippen molar-refractivity contribution >= 4 is 86.7 Å². The van der Waals surface area contributed by atoms with E-state index in [9.17, 15) is 0 Å². The third-order valence-electron chi connectivity index (χ3n) is 29.9. The minimum Gasteiger partial charge on any atom is -0.248 e. The second-order valence-corrected chi connectivity index (χ2v) is 39.2. The number of pyridine rings is 2. The molecule has 27 rings (SSSR count). The molecule has 0 bridgehead atoms. The number of rotatable bonds is 8. The van der Waals surface area contributed by atoms with Crippen LogP contribution < -0.4 is 0 Å². The minimum absolute atomic E-state index is 0.0755. The molecule has 0 spiro atoms. The molecule has 0 fully saturated rings. The zero-order valence-electron chi connectivity index (χ0n) is 76.2. The van der Waals surface area contributed by atoms with Gasteiger partial charge in [-0.05, 0) is 297 Å². The molecule has 0 aliphatic heterocycles. The Balaban J connectivity index is 0.000000108.